The van der Waals surface area contributed by atoms with Crippen molar-refractivity contribution in [3.8, 4) is 5.75 Å². The van der Waals surface area contributed by atoms with E-state index in [1.807, 2.05) is 24.3 Å². The van der Waals surface area contributed by atoms with E-state index in [1.54, 1.807) is 6.07 Å². The van der Waals surface area contributed by atoms with Crippen LogP contribution in [0.25, 0.3) is 0 Å². The zero-order valence-corrected chi connectivity index (χ0v) is 8.53. The Morgan fingerprint density at radius 2 is 2.27 bits per heavy atom. The third-order valence-electron chi connectivity index (χ3n) is 2.33. The van der Waals surface area contributed by atoms with E-state index in [2.05, 4.69) is 0 Å². The number of fused-ring (bicyclic) bond motifs is 1. The van der Waals surface area contributed by atoms with E-state index in [1.165, 1.54) is 7.11 Å². The van der Waals surface area contributed by atoms with E-state index in [9.17, 15) is 4.79 Å². The highest BCUT2D eigenvalue weighted by atomic mass is 16.5. The molecule has 0 aromatic heterocycles. The fraction of sp³-hybridized carbons (Fsp3) is 0.250. The number of benzene rings is 1. The Bertz CT molecular complexity index is 407. The first kappa shape index (κ1) is 9.77. The molecule has 3 heteroatoms. The van der Waals surface area contributed by atoms with Crippen LogP contribution in [-0.2, 0) is 11.2 Å². The van der Waals surface area contributed by atoms with Crippen LogP contribution in [0.3, 0.4) is 0 Å². The van der Waals surface area contributed by atoms with Gasteiger partial charge in [0.25, 0.3) is 0 Å². The van der Waals surface area contributed by atoms with Crippen molar-refractivity contribution < 1.29 is 14.3 Å². The molecule has 1 heterocycles. The Morgan fingerprint density at radius 1 is 1.40 bits per heavy atom. The summed E-state index contributed by atoms with van der Waals surface area (Å²) in [4.78, 5) is 11.5. The van der Waals surface area contributed by atoms with Crippen molar-refractivity contribution in [1.82, 2.24) is 0 Å². The molecule has 0 unspecified atom stereocenters. The molecule has 0 radical (unpaired) electrons. The molecule has 1 aliphatic heterocycles. The second-order valence-corrected chi connectivity index (χ2v) is 3.27. The molecule has 1 aromatic rings. The predicted octanol–water partition coefficient (Wildman–Crippen LogP) is 1.96. The SMILES string of the molecule is COC(=O)c1cccc2c1OCC=CC2. The second kappa shape index (κ2) is 4.17. The third kappa shape index (κ3) is 1.86. The summed E-state index contributed by atoms with van der Waals surface area (Å²) in [6.07, 6.45) is 4.77. The monoisotopic (exact) mass is 204 g/mol. The summed E-state index contributed by atoms with van der Waals surface area (Å²) in [6.45, 7) is 0.501. The van der Waals surface area contributed by atoms with Gasteiger partial charge in [0.1, 0.15) is 17.9 Å². The van der Waals surface area contributed by atoms with Gasteiger partial charge in [0.05, 0.1) is 7.11 Å². The van der Waals surface area contributed by atoms with Gasteiger partial charge in [-0.25, -0.2) is 4.79 Å². The largest absolute Gasteiger partial charge is 0.488 e. The number of methoxy groups -OCH3 is 1. The van der Waals surface area contributed by atoms with E-state index in [0.717, 1.165) is 12.0 Å². The molecule has 0 spiro atoms. The van der Waals surface area contributed by atoms with Gasteiger partial charge in [0.2, 0.25) is 0 Å². The van der Waals surface area contributed by atoms with Gasteiger partial charge in [-0.15, -0.1) is 0 Å². The van der Waals surface area contributed by atoms with Crippen molar-refractivity contribution in [3.63, 3.8) is 0 Å². The maximum absolute atomic E-state index is 11.5. The van der Waals surface area contributed by atoms with Crippen molar-refractivity contribution in [3.05, 3.63) is 41.5 Å². The van der Waals surface area contributed by atoms with E-state index < -0.39 is 0 Å². The standard InChI is InChI=1S/C12H12O3/c1-14-12(13)10-7-4-6-9-5-2-3-8-15-11(9)10/h2-4,6-7H,5,8H2,1H3. The minimum absolute atomic E-state index is 0.353. The Labute approximate surface area is 88.3 Å². The first-order valence-corrected chi connectivity index (χ1v) is 4.81. The van der Waals surface area contributed by atoms with Crippen LogP contribution >= 0.6 is 0 Å². The molecule has 1 aromatic carbocycles. The number of hydrogen-bond acceptors (Lipinski definition) is 3. The molecule has 0 aliphatic carbocycles. The average Bonchev–Trinajstić information content (AvgIpc) is 2.52. The first-order valence-electron chi connectivity index (χ1n) is 4.81. The Hall–Kier alpha value is -1.77. The smallest absolute Gasteiger partial charge is 0.341 e. The summed E-state index contributed by atoms with van der Waals surface area (Å²) in [5.74, 6) is 0.295. The van der Waals surface area contributed by atoms with Crippen LogP contribution in [0.2, 0.25) is 0 Å². The number of carbonyl (C=O) groups excluding carboxylic acids is 1. The average molecular weight is 204 g/mol. The molecular weight excluding hydrogens is 192 g/mol. The van der Waals surface area contributed by atoms with Crippen LogP contribution in [0.5, 0.6) is 5.75 Å². The van der Waals surface area contributed by atoms with Crippen LogP contribution in [0, 0.1) is 0 Å². The van der Waals surface area contributed by atoms with Gasteiger partial charge in [-0.05, 0) is 18.1 Å². The Kier molecular flexibility index (Phi) is 2.72. The number of ether oxygens (including phenoxy) is 2. The second-order valence-electron chi connectivity index (χ2n) is 3.27. The van der Waals surface area contributed by atoms with E-state index in [4.69, 9.17) is 9.47 Å². The Morgan fingerprint density at radius 3 is 3.07 bits per heavy atom. The van der Waals surface area contributed by atoms with Gasteiger partial charge in [0.15, 0.2) is 0 Å². The summed E-state index contributed by atoms with van der Waals surface area (Å²) in [7, 11) is 1.37. The lowest BCUT2D eigenvalue weighted by Gasteiger charge is -2.10. The summed E-state index contributed by atoms with van der Waals surface area (Å²) in [5.41, 5.74) is 1.52. The van der Waals surface area contributed by atoms with Crippen molar-refractivity contribution in [2.45, 2.75) is 6.42 Å². The minimum Gasteiger partial charge on any atom is -0.488 e. The fourth-order valence-electron chi connectivity index (χ4n) is 1.60. The van der Waals surface area contributed by atoms with Crippen LogP contribution in [0.4, 0.5) is 0 Å². The predicted molar refractivity (Wildman–Crippen MR) is 56.1 cm³/mol. The minimum atomic E-state index is -0.353. The zero-order valence-electron chi connectivity index (χ0n) is 8.53. The highest BCUT2D eigenvalue weighted by Crippen LogP contribution is 2.27. The molecule has 15 heavy (non-hydrogen) atoms. The molecular formula is C12H12O3. The third-order valence-corrected chi connectivity index (χ3v) is 2.33. The zero-order chi connectivity index (χ0) is 10.7. The van der Waals surface area contributed by atoms with E-state index in [0.29, 0.717) is 17.9 Å². The summed E-state index contributed by atoms with van der Waals surface area (Å²) in [6, 6.07) is 5.51. The van der Waals surface area contributed by atoms with Crippen LogP contribution < -0.4 is 4.74 Å². The summed E-state index contributed by atoms with van der Waals surface area (Å²) in [5, 5.41) is 0. The molecule has 0 amide bonds. The van der Waals surface area contributed by atoms with E-state index >= 15 is 0 Å². The molecule has 0 atom stereocenters. The van der Waals surface area contributed by atoms with Crippen LogP contribution in [-0.4, -0.2) is 19.7 Å². The van der Waals surface area contributed by atoms with Crippen molar-refractivity contribution in [2.24, 2.45) is 0 Å². The van der Waals surface area contributed by atoms with Gasteiger partial charge in [-0.2, -0.15) is 0 Å². The van der Waals surface area contributed by atoms with Gasteiger partial charge in [0, 0.05) is 0 Å². The number of rotatable bonds is 1. The van der Waals surface area contributed by atoms with Gasteiger partial charge >= 0.3 is 5.97 Å². The molecule has 0 saturated heterocycles. The van der Waals surface area contributed by atoms with Gasteiger partial charge in [-0.1, -0.05) is 24.3 Å². The molecule has 0 fully saturated rings. The number of para-hydroxylation sites is 1. The number of esters is 1. The van der Waals surface area contributed by atoms with Gasteiger partial charge < -0.3 is 9.47 Å². The molecule has 0 bridgehead atoms. The molecule has 2 rings (SSSR count). The highest BCUT2D eigenvalue weighted by Gasteiger charge is 2.16. The van der Waals surface area contributed by atoms with Crippen molar-refractivity contribution in [2.75, 3.05) is 13.7 Å². The first-order chi connectivity index (χ1) is 7.33. The van der Waals surface area contributed by atoms with Crippen LogP contribution in [0.1, 0.15) is 15.9 Å². The molecule has 78 valence electrons. The van der Waals surface area contributed by atoms with Crippen molar-refractivity contribution in [1.29, 1.82) is 0 Å². The molecule has 3 nitrogen and oxygen atoms in total. The normalized spacial score (nSPS) is 13.7. The molecule has 0 N–H and O–H groups in total. The summed E-state index contributed by atoms with van der Waals surface area (Å²) >= 11 is 0. The lowest BCUT2D eigenvalue weighted by molar-refractivity contribution is 0.0596. The quantitative estimate of drug-likeness (QED) is 0.518. The lowest BCUT2D eigenvalue weighted by Crippen LogP contribution is -2.06. The number of allylic oxidation sites excluding steroid dienone is 1. The van der Waals surface area contributed by atoms with Gasteiger partial charge in [-0.3, -0.25) is 0 Å². The molecule has 1 aliphatic rings. The highest BCUT2D eigenvalue weighted by molar-refractivity contribution is 5.93. The van der Waals surface area contributed by atoms with E-state index in [-0.39, 0.29) is 5.97 Å². The number of carbonyl (C=O) groups is 1. The Balaban J connectivity index is 2.45. The number of hydrogen-bond donors (Lipinski definition) is 0. The maximum Gasteiger partial charge on any atom is 0.341 e. The lowest BCUT2D eigenvalue weighted by atomic mass is 10.1. The summed E-state index contributed by atoms with van der Waals surface area (Å²) < 4.78 is 10.2. The maximum atomic E-state index is 11.5. The van der Waals surface area contributed by atoms with Crippen LogP contribution in [0.15, 0.2) is 30.4 Å². The fourth-order valence-corrected chi connectivity index (χ4v) is 1.60. The molecule has 0 saturated carbocycles. The topological polar surface area (TPSA) is 35.5 Å². The van der Waals surface area contributed by atoms with Crippen molar-refractivity contribution >= 4 is 5.97 Å².